The molecular weight excluding hydrogens is 402 g/mol. The van der Waals surface area contributed by atoms with Crippen molar-refractivity contribution in [3.05, 3.63) is 72.2 Å². The van der Waals surface area contributed by atoms with E-state index in [4.69, 9.17) is 0 Å². The summed E-state index contributed by atoms with van der Waals surface area (Å²) in [7, 11) is 0. The molecule has 2 fully saturated rings. The first-order valence-corrected chi connectivity index (χ1v) is 10.7. The summed E-state index contributed by atoms with van der Waals surface area (Å²) in [4.78, 5) is 30.2. The molecule has 2 aromatic heterocycles. The van der Waals surface area contributed by atoms with Gasteiger partial charge < -0.3 is 15.1 Å². The maximum Gasteiger partial charge on any atom is 0.255 e. The molecule has 0 radical (unpaired) electrons. The number of hydrogen-bond donors (Lipinski definition) is 1. The Morgan fingerprint density at radius 3 is 2.22 bits per heavy atom. The molecule has 1 N–H and O–H groups in total. The van der Waals surface area contributed by atoms with Crippen LogP contribution in [0.5, 0.6) is 0 Å². The van der Waals surface area contributed by atoms with E-state index in [0.717, 1.165) is 50.4 Å². The van der Waals surface area contributed by atoms with Crippen molar-refractivity contribution in [1.82, 2.24) is 15.0 Å². The number of nitrogens with zero attached hydrogens (tertiary/aromatic N) is 6. The van der Waals surface area contributed by atoms with Crippen molar-refractivity contribution in [1.29, 1.82) is 5.26 Å². The highest BCUT2D eigenvalue weighted by atomic mass is 16.1. The zero-order chi connectivity index (χ0) is 22.0. The molecule has 32 heavy (non-hydrogen) atoms. The van der Waals surface area contributed by atoms with Gasteiger partial charge in [-0.2, -0.15) is 5.26 Å². The zero-order valence-corrected chi connectivity index (χ0v) is 17.6. The van der Waals surface area contributed by atoms with Gasteiger partial charge in [-0.05, 0) is 42.7 Å². The summed E-state index contributed by atoms with van der Waals surface area (Å²) in [5.74, 6) is 1.41. The summed E-state index contributed by atoms with van der Waals surface area (Å²) in [5, 5.41) is 12.2. The van der Waals surface area contributed by atoms with Gasteiger partial charge >= 0.3 is 0 Å². The third-order valence-electron chi connectivity index (χ3n) is 6.10. The van der Waals surface area contributed by atoms with E-state index in [1.54, 1.807) is 24.5 Å². The quantitative estimate of drug-likeness (QED) is 0.671. The van der Waals surface area contributed by atoms with E-state index in [1.807, 2.05) is 36.5 Å². The Morgan fingerprint density at radius 1 is 0.938 bits per heavy atom. The highest BCUT2D eigenvalue weighted by Crippen LogP contribution is 2.47. The van der Waals surface area contributed by atoms with Gasteiger partial charge in [-0.15, -0.1) is 0 Å². The van der Waals surface area contributed by atoms with Gasteiger partial charge in [0.15, 0.2) is 0 Å². The number of nitriles is 1. The van der Waals surface area contributed by atoms with Gasteiger partial charge in [0.25, 0.3) is 5.91 Å². The predicted molar refractivity (Wildman–Crippen MR) is 122 cm³/mol. The van der Waals surface area contributed by atoms with Gasteiger partial charge in [-0.1, -0.05) is 18.2 Å². The molecule has 1 aliphatic carbocycles. The van der Waals surface area contributed by atoms with Crippen molar-refractivity contribution in [2.45, 2.75) is 18.3 Å². The molecule has 1 saturated heterocycles. The van der Waals surface area contributed by atoms with Gasteiger partial charge in [0.2, 0.25) is 5.95 Å². The van der Waals surface area contributed by atoms with Crippen LogP contribution in [0, 0.1) is 11.3 Å². The number of aromatic nitrogens is 3. The number of hydrogen-bond acceptors (Lipinski definition) is 7. The summed E-state index contributed by atoms with van der Waals surface area (Å²) >= 11 is 0. The van der Waals surface area contributed by atoms with Crippen LogP contribution in [0.15, 0.2) is 61.1 Å². The Hall–Kier alpha value is -3.99. The number of carbonyl (C=O) groups is 1. The van der Waals surface area contributed by atoms with E-state index in [0.29, 0.717) is 17.2 Å². The number of pyridine rings is 1. The monoisotopic (exact) mass is 425 g/mol. The number of rotatable bonds is 5. The fourth-order valence-electron chi connectivity index (χ4n) is 3.96. The normalized spacial score (nSPS) is 16.8. The minimum Gasteiger partial charge on any atom is -0.353 e. The highest BCUT2D eigenvalue weighted by molar-refractivity contribution is 6.04. The van der Waals surface area contributed by atoms with E-state index in [9.17, 15) is 10.1 Å². The lowest BCUT2D eigenvalue weighted by atomic mass is 9.96. The van der Waals surface area contributed by atoms with Crippen molar-refractivity contribution in [3.8, 4) is 6.07 Å². The molecule has 3 heterocycles. The van der Waals surface area contributed by atoms with Crippen molar-refractivity contribution in [2.24, 2.45) is 0 Å². The standard InChI is InChI=1S/C24H23N7O/c25-17-24(8-9-24)19-6-4-18(5-7-19)22(32)29-20-15-27-23(28-16-20)31-13-11-30(12-14-31)21-3-1-2-10-26-21/h1-7,10,15-16H,8-9,11-14H2,(H,29,32). The SMILES string of the molecule is N#CC1(c2ccc(C(=O)Nc3cnc(N4CCN(c5ccccn5)CC4)nc3)cc2)CC1. The third kappa shape index (κ3) is 3.97. The van der Waals surface area contributed by atoms with Crippen molar-refractivity contribution < 1.29 is 4.79 Å². The molecule has 8 nitrogen and oxygen atoms in total. The molecule has 0 spiro atoms. The van der Waals surface area contributed by atoms with E-state index >= 15 is 0 Å². The van der Waals surface area contributed by atoms with Crippen LogP contribution < -0.4 is 15.1 Å². The summed E-state index contributed by atoms with van der Waals surface area (Å²) in [6, 6.07) is 15.6. The number of piperazine rings is 1. The highest BCUT2D eigenvalue weighted by Gasteiger charge is 2.44. The lowest BCUT2D eigenvalue weighted by Crippen LogP contribution is -2.47. The van der Waals surface area contributed by atoms with Gasteiger partial charge in [0, 0.05) is 37.9 Å². The molecule has 0 bridgehead atoms. The predicted octanol–water partition coefficient (Wildman–Crippen LogP) is 3.01. The average Bonchev–Trinajstić information content (AvgIpc) is 3.67. The third-order valence-corrected chi connectivity index (χ3v) is 6.10. The van der Waals surface area contributed by atoms with Crippen LogP contribution in [-0.2, 0) is 5.41 Å². The first-order chi connectivity index (χ1) is 15.7. The molecular formula is C24H23N7O. The molecule has 1 aliphatic heterocycles. The molecule has 160 valence electrons. The Morgan fingerprint density at radius 2 is 1.62 bits per heavy atom. The largest absolute Gasteiger partial charge is 0.353 e. The Balaban J connectivity index is 1.17. The maximum absolute atomic E-state index is 12.6. The van der Waals surface area contributed by atoms with Crippen LogP contribution in [0.25, 0.3) is 0 Å². The van der Waals surface area contributed by atoms with Crippen LogP contribution in [0.3, 0.4) is 0 Å². The first kappa shape index (κ1) is 19.9. The van der Waals surface area contributed by atoms with E-state index in [1.165, 1.54) is 0 Å². The molecule has 2 aliphatic rings. The molecule has 3 aromatic rings. The Kier molecular flexibility index (Phi) is 5.15. The second kappa shape index (κ2) is 8.27. The molecule has 5 rings (SSSR count). The number of amides is 1. The van der Waals surface area contributed by atoms with E-state index in [2.05, 4.69) is 36.1 Å². The molecule has 8 heteroatoms. The Bertz CT molecular complexity index is 1130. The van der Waals surface area contributed by atoms with Gasteiger partial charge in [0.05, 0.1) is 29.6 Å². The number of anilines is 3. The van der Waals surface area contributed by atoms with Crippen molar-refractivity contribution >= 4 is 23.4 Å². The van der Waals surface area contributed by atoms with Gasteiger partial charge in [0.1, 0.15) is 5.82 Å². The summed E-state index contributed by atoms with van der Waals surface area (Å²) < 4.78 is 0. The summed E-state index contributed by atoms with van der Waals surface area (Å²) in [6.07, 6.45) is 6.85. The summed E-state index contributed by atoms with van der Waals surface area (Å²) in [5.41, 5.74) is 1.72. The number of nitrogens with one attached hydrogen (secondary N) is 1. The minimum absolute atomic E-state index is 0.223. The number of carbonyl (C=O) groups excluding carboxylic acids is 1. The fraction of sp³-hybridized carbons (Fsp3) is 0.292. The smallest absolute Gasteiger partial charge is 0.255 e. The van der Waals surface area contributed by atoms with Crippen LogP contribution in [-0.4, -0.2) is 47.0 Å². The van der Waals surface area contributed by atoms with E-state index < -0.39 is 0 Å². The number of benzene rings is 1. The van der Waals surface area contributed by atoms with Crippen LogP contribution in [0.1, 0.15) is 28.8 Å². The van der Waals surface area contributed by atoms with Crippen LogP contribution in [0.4, 0.5) is 17.5 Å². The van der Waals surface area contributed by atoms with E-state index in [-0.39, 0.29) is 11.3 Å². The van der Waals surface area contributed by atoms with Crippen molar-refractivity contribution in [3.63, 3.8) is 0 Å². The van der Waals surface area contributed by atoms with Gasteiger partial charge in [-0.25, -0.2) is 15.0 Å². The lowest BCUT2D eigenvalue weighted by Gasteiger charge is -2.35. The minimum atomic E-state index is -0.345. The van der Waals surface area contributed by atoms with Crippen LogP contribution in [0.2, 0.25) is 0 Å². The molecule has 0 unspecified atom stereocenters. The zero-order valence-electron chi connectivity index (χ0n) is 17.6. The summed E-state index contributed by atoms with van der Waals surface area (Å²) in [6.45, 7) is 3.31. The second-order valence-electron chi connectivity index (χ2n) is 8.16. The maximum atomic E-state index is 12.6. The van der Waals surface area contributed by atoms with Crippen molar-refractivity contribution in [2.75, 3.05) is 41.3 Å². The van der Waals surface area contributed by atoms with Crippen LogP contribution >= 0.6 is 0 Å². The molecule has 0 atom stereocenters. The Labute approximate surface area is 186 Å². The lowest BCUT2D eigenvalue weighted by molar-refractivity contribution is 0.102. The fourth-order valence-corrected chi connectivity index (χ4v) is 3.96. The molecule has 1 saturated carbocycles. The topological polar surface area (TPSA) is 98.0 Å². The molecule has 1 amide bonds. The first-order valence-electron chi connectivity index (χ1n) is 10.7. The van der Waals surface area contributed by atoms with Gasteiger partial charge in [-0.3, -0.25) is 4.79 Å². The second-order valence-corrected chi connectivity index (χ2v) is 8.16. The molecule has 1 aromatic carbocycles. The average molecular weight is 425 g/mol.